The molecule has 0 amide bonds. The third-order valence-corrected chi connectivity index (χ3v) is 5.10. The zero-order valence-electron chi connectivity index (χ0n) is 15.2. The Morgan fingerprint density at radius 3 is 2.04 bits per heavy atom. The summed E-state index contributed by atoms with van der Waals surface area (Å²) in [6, 6.07) is 32.7. The number of fused-ring (bicyclic) bond motifs is 1. The Morgan fingerprint density at radius 1 is 0.731 bits per heavy atom. The van der Waals surface area contributed by atoms with Crippen molar-refractivity contribution in [3.8, 4) is 0 Å². The van der Waals surface area contributed by atoms with Crippen LogP contribution in [0, 0.1) is 6.92 Å². The van der Waals surface area contributed by atoms with E-state index in [1.165, 1.54) is 27.6 Å². The standard InChI is InChI=1S/C25H24N/c1-20-14-15-23-13-8-17-26(25(23)19-20)18-16-24(21-9-4-2-5-10-21)22-11-6-3-7-12-22/h2-15,17,19,24H,16,18H2,1H3/q+1. The van der Waals surface area contributed by atoms with E-state index in [1.807, 2.05) is 0 Å². The van der Waals surface area contributed by atoms with Gasteiger partial charge in [-0.2, -0.15) is 4.57 Å². The molecule has 0 aliphatic rings. The molecule has 0 bridgehead atoms. The summed E-state index contributed by atoms with van der Waals surface area (Å²) in [5.41, 5.74) is 5.39. The molecule has 1 nitrogen and oxygen atoms in total. The summed E-state index contributed by atoms with van der Waals surface area (Å²) in [5.74, 6) is 0.407. The van der Waals surface area contributed by atoms with E-state index in [0.29, 0.717) is 5.92 Å². The number of nitrogens with zero attached hydrogens (tertiary/aromatic N) is 1. The predicted molar refractivity (Wildman–Crippen MR) is 108 cm³/mol. The van der Waals surface area contributed by atoms with Crippen LogP contribution in [0.1, 0.15) is 29.0 Å². The van der Waals surface area contributed by atoms with Gasteiger partial charge in [-0.25, -0.2) is 0 Å². The van der Waals surface area contributed by atoms with Crippen LogP contribution in [0.25, 0.3) is 10.9 Å². The first-order valence-corrected chi connectivity index (χ1v) is 9.30. The number of rotatable bonds is 5. The first kappa shape index (κ1) is 16.5. The van der Waals surface area contributed by atoms with Gasteiger partial charge in [-0.3, -0.25) is 0 Å². The molecular formula is C25H24N+. The Balaban J connectivity index is 1.67. The van der Waals surface area contributed by atoms with E-state index in [-0.39, 0.29) is 0 Å². The van der Waals surface area contributed by atoms with Crippen molar-refractivity contribution >= 4 is 10.9 Å². The van der Waals surface area contributed by atoms with Gasteiger partial charge in [-0.05, 0) is 35.7 Å². The SMILES string of the molecule is Cc1ccc2ccc[n+](CCC(c3ccccc3)c3ccccc3)c2c1. The summed E-state index contributed by atoms with van der Waals surface area (Å²) in [4.78, 5) is 0. The average Bonchev–Trinajstić information content (AvgIpc) is 2.70. The molecule has 1 heterocycles. The molecule has 0 atom stereocenters. The molecule has 0 radical (unpaired) electrons. The maximum Gasteiger partial charge on any atom is 0.212 e. The van der Waals surface area contributed by atoms with Gasteiger partial charge in [-0.1, -0.05) is 66.7 Å². The van der Waals surface area contributed by atoms with E-state index in [9.17, 15) is 0 Å². The van der Waals surface area contributed by atoms with Crippen molar-refractivity contribution in [1.29, 1.82) is 0 Å². The zero-order valence-corrected chi connectivity index (χ0v) is 15.2. The van der Waals surface area contributed by atoms with E-state index in [2.05, 4.69) is 109 Å². The third-order valence-electron chi connectivity index (χ3n) is 5.10. The highest BCUT2D eigenvalue weighted by Gasteiger charge is 2.17. The van der Waals surface area contributed by atoms with Crippen molar-refractivity contribution in [1.82, 2.24) is 0 Å². The monoisotopic (exact) mass is 338 g/mol. The smallest absolute Gasteiger partial charge is 0.198 e. The van der Waals surface area contributed by atoms with Crippen molar-refractivity contribution < 1.29 is 4.57 Å². The van der Waals surface area contributed by atoms with Gasteiger partial charge in [0.25, 0.3) is 0 Å². The molecule has 0 N–H and O–H groups in total. The summed E-state index contributed by atoms with van der Waals surface area (Å²) in [6.07, 6.45) is 3.28. The Bertz CT molecular complexity index is 951. The lowest BCUT2D eigenvalue weighted by atomic mass is 9.88. The second-order valence-corrected chi connectivity index (χ2v) is 6.93. The molecule has 0 aliphatic carbocycles. The molecule has 4 rings (SSSR count). The van der Waals surface area contributed by atoms with Crippen LogP contribution in [-0.2, 0) is 6.54 Å². The highest BCUT2D eigenvalue weighted by Crippen LogP contribution is 2.28. The van der Waals surface area contributed by atoms with Crippen LogP contribution in [0.5, 0.6) is 0 Å². The molecule has 128 valence electrons. The molecule has 1 aromatic heterocycles. The molecule has 4 aromatic rings. The number of hydrogen-bond donors (Lipinski definition) is 0. The second-order valence-electron chi connectivity index (χ2n) is 6.93. The highest BCUT2D eigenvalue weighted by molar-refractivity contribution is 5.75. The van der Waals surface area contributed by atoms with Gasteiger partial charge >= 0.3 is 0 Å². The zero-order chi connectivity index (χ0) is 17.8. The number of pyridine rings is 1. The maximum absolute atomic E-state index is 2.39. The molecule has 3 aromatic carbocycles. The first-order chi connectivity index (χ1) is 12.8. The molecule has 0 saturated carbocycles. The molecule has 0 aliphatic heterocycles. The lowest BCUT2D eigenvalue weighted by Gasteiger charge is -2.17. The van der Waals surface area contributed by atoms with Crippen LogP contribution in [0.3, 0.4) is 0 Å². The topological polar surface area (TPSA) is 3.88 Å². The van der Waals surface area contributed by atoms with Crippen molar-refractivity contribution in [3.05, 3.63) is 114 Å². The van der Waals surface area contributed by atoms with Crippen LogP contribution >= 0.6 is 0 Å². The molecular weight excluding hydrogens is 314 g/mol. The third kappa shape index (κ3) is 3.52. The van der Waals surface area contributed by atoms with Crippen LogP contribution in [0.15, 0.2) is 97.2 Å². The fraction of sp³-hybridized carbons (Fsp3) is 0.160. The van der Waals surface area contributed by atoms with Crippen LogP contribution in [-0.4, -0.2) is 0 Å². The molecule has 0 saturated heterocycles. The van der Waals surface area contributed by atoms with Crippen molar-refractivity contribution in [2.24, 2.45) is 0 Å². The molecule has 0 fully saturated rings. The van der Waals surface area contributed by atoms with Gasteiger partial charge in [0.1, 0.15) is 6.54 Å². The van der Waals surface area contributed by atoms with Gasteiger partial charge in [0.05, 0.1) is 0 Å². The Hall–Kier alpha value is -2.93. The normalized spacial score (nSPS) is 11.2. The molecule has 1 heteroatoms. The number of benzene rings is 3. The average molecular weight is 338 g/mol. The summed E-state index contributed by atoms with van der Waals surface area (Å²) in [7, 11) is 0. The Morgan fingerprint density at radius 2 is 1.38 bits per heavy atom. The molecule has 26 heavy (non-hydrogen) atoms. The largest absolute Gasteiger partial charge is 0.212 e. The highest BCUT2D eigenvalue weighted by atomic mass is 14.9. The van der Waals surface area contributed by atoms with E-state index in [1.54, 1.807) is 0 Å². The van der Waals surface area contributed by atoms with E-state index >= 15 is 0 Å². The molecule has 0 unspecified atom stereocenters. The molecule has 0 spiro atoms. The van der Waals surface area contributed by atoms with E-state index in [4.69, 9.17) is 0 Å². The van der Waals surface area contributed by atoms with Gasteiger partial charge in [0.2, 0.25) is 5.52 Å². The minimum atomic E-state index is 0.407. The lowest BCUT2D eigenvalue weighted by molar-refractivity contribution is -0.672. The summed E-state index contributed by atoms with van der Waals surface area (Å²) >= 11 is 0. The maximum atomic E-state index is 2.39. The van der Waals surface area contributed by atoms with Crippen molar-refractivity contribution in [2.75, 3.05) is 0 Å². The van der Waals surface area contributed by atoms with Crippen molar-refractivity contribution in [2.45, 2.75) is 25.8 Å². The van der Waals surface area contributed by atoms with Crippen LogP contribution in [0.2, 0.25) is 0 Å². The van der Waals surface area contributed by atoms with Gasteiger partial charge in [0.15, 0.2) is 6.20 Å². The first-order valence-electron chi connectivity index (χ1n) is 9.30. The lowest BCUT2D eigenvalue weighted by Crippen LogP contribution is -2.35. The van der Waals surface area contributed by atoms with Gasteiger partial charge in [-0.15, -0.1) is 0 Å². The van der Waals surface area contributed by atoms with E-state index in [0.717, 1.165) is 13.0 Å². The number of aryl methyl sites for hydroxylation is 2. The number of aromatic nitrogens is 1. The van der Waals surface area contributed by atoms with Crippen molar-refractivity contribution in [3.63, 3.8) is 0 Å². The van der Waals surface area contributed by atoms with Gasteiger partial charge in [0, 0.05) is 29.9 Å². The van der Waals surface area contributed by atoms with Crippen LogP contribution < -0.4 is 4.57 Å². The predicted octanol–water partition coefficient (Wildman–Crippen LogP) is 5.66. The second kappa shape index (κ2) is 7.53. The van der Waals surface area contributed by atoms with Gasteiger partial charge < -0.3 is 0 Å². The Kier molecular flexibility index (Phi) is 4.79. The summed E-state index contributed by atoms with van der Waals surface area (Å²) in [5, 5.41) is 1.30. The quantitative estimate of drug-likeness (QED) is 0.414. The minimum absolute atomic E-state index is 0.407. The summed E-state index contributed by atoms with van der Waals surface area (Å²) < 4.78 is 2.39. The fourth-order valence-corrected chi connectivity index (χ4v) is 3.73. The Labute approximate surface area is 155 Å². The minimum Gasteiger partial charge on any atom is -0.198 e. The fourth-order valence-electron chi connectivity index (χ4n) is 3.73. The van der Waals surface area contributed by atoms with Crippen LogP contribution in [0.4, 0.5) is 0 Å². The number of hydrogen-bond acceptors (Lipinski definition) is 0. The summed E-state index contributed by atoms with van der Waals surface area (Å²) in [6.45, 7) is 3.16. The van der Waals surface area contributed by atoms with E-state index < -0.39 is 0 Å².